The first-order chi connectivity index (χ1) is 8.99. The summed E-state index contributed by atoms with van der Waals surface area (Å²) in [6.07, 6.45) is 0. The molecule has 1 fully saturated rings. The molecule has 0 saturated carbocycles. The Hall–Kier alpha value is -1.39. The van der Waals surface area contributed by atoms with Crippen LogP contribution in [0.3, 0.4) is 0 Å². The van der Waals surface area contributed by atoms with Crippen LogP contribution in [0, 0.1) is 13.8 Å². The third-order valence-corrected chi connectivity index (χ3v) is 3.88. The van der Waals surface area contributed by atoms with E-state index in [1.807, 2.05) is 13.1 Å². The van der Waals surface area contributed by atoms with Gasteiger partial charge in [-0.15, -0.1) is 0 Å². The maximum Gasteiger partial charge on any atom is 0.245 e. The Bertz CT molecular complexity index is 472. The molecule has 1 aliphatic heterocycles. The SMILES string of the molecule is Cc1ccc(N(C)C(=O)C2CN(C)CCN2)cc1C. The molecular weight excluding hydrogens is 238 g/mol. The minimum absolute atomic E-state index is 0.106. The molecule has 1 heterocycles. The molecule has 1 aromatic rings. The number of rotatable bonds is 2. The summed E-state index contributed by atoms with van der Waals surface area (Å²) < 4.78 is 0. The Morgan fingerprint density at radius 3 is 2.74 bits per heavy atom. The molecule has 1 atom stereocenters. The van der Waals surface area contributed by atoms with Gasteiger partial charge in [-0.3, -0.25) is 4.79 Å². The lowest BCUT2D eigenvalue weighted by Crippen LogP contribution is -2.56. The molecule has 0 bridgehead atoms. The van der Waals surface area contributed by atoms with Gasteiger partial charge in [0.1, 0.15) is 6.04 Å². The number of aryl methyl sites for hydroxylation is 2. The predicted octanol–water partition coefficient (Wildman–Crippen LogP) is 1.17. The lowest BCUT2D eigenvalue weighted by Gasteiger charge is -2.32. The normalized spacial score (nSPS) is 20.3. The first-order valence-electron chi connectivity index (χ1n) is 6.76. The topological polar surface area (TPSA) is 35.6 Å². The minimum Gasteiger partial charge on any atom is -0.314 e. The van der Waals surface area contributed by atoms with E-state index in [0.717, 1.165) is 25.3 Å². The predicted molar refractivity (Wildman–Crippen MR) is 78.6 cm³/mol. The molecule has 1 N–H and O–H groups in total. The van der Waals surface area contributed by atoms with Crippen LogP contribution in [-0.4, -0.2) is 50.6 Å². The maximum absolute atomic E-state index is 12.5. The summed E-state index contributed by atoms with van der Waals surface area (Å²) in [4.78, 5) is 16.4. The number of amides is 1. The minimum atomic E-state index is -0.106. The molecule has 0 aromatic heterocycles. The summed E-state index contributed by atoms with van der Waals surface area (Å²) in [5.74, 6) is 0.134. The van der Waals surface area contributed by atoms with Crippen molar-refractivity contribution >= 4 is 11.6 Å². The largest absolute Gasteiger partial charge is 0.314 e. The molecular formula is C15H23N3O. The van der Waals surface area contributed by atoms with Crippen molar-refractivity contribution in [2.24, 2.45) is 0 Å². The number of nitrogens with one attached hydrogen (secondary N) is 1. The van der Waals surface area contributed by atoms with E-state index < -0.39 is 0 Å². The number of hydrogen-bond acceptors (Lipinski definition) is 3. The van der Waals surface area contributed by atoms with Crippen LogP contribution < -0.4 is 10.2 Å². The van der Waals surface area contributed by atoms with Crippen LogP contribution >= 0.6 is 0 Å². The summed E-state index contributed by atoms with van der Waals surface area (Å²) in [5.41, 5.74) is 3.43. The van der Waals surface area contributed by atoms with Gasteiger partial charge < -0.3 is 15.1 Å². The van der Waals surface area contributed by atoms with Crippen LogP contribution in [0.5, 0.6) is 0 Å². The van der Waals surface area contributed by atoms with Gasteiger partial charge in [0, 0.05) is 32.4 Å². The first-order valence-corrected chi connectivity index (χ1v) is 6.76. The monoisotopic (exact) mass is 261 g/mol. The number of carbonyl (C=O) groups is 1. The quantitative estimate of drug-likeness (QED) is 0.868. The van der Waals surface area contributed by atoms with Crippen molar-refractivity contribution in [3.05, 3.63) is 29.3 Å². The highest BCUT2D eigenvalue weighted by Gasteiger charge is 2.26. The fraction of sp³-hybridized carbons (Fsp3) is 0.533. The van der Waals surface area contributed by atoms with Crippen molar-refractivity contribution in [2.45, 2.75) is 19.9 Å². The molecule has 0 spiro atoms. The zero-order valence-corrected chi connectivity index (χ0v) is 12.2. The fourth-order valence-corrected chi connectivity index (χ4v) is 2.36. The molecule has 104 valence electrons. The van der Waals surface area contributed by atoms with Gasteiger partial charge in [-0.1, -0.05) is 6.07 Å². The second kappa shape index (κ2) is 5.72. The molecule has 2 rings (SSSR count). The molecule has 1 unspecified atom stereocenters. The molecule has 1 aromatic carbocycles. The van der Waals surface area contributed by atoms with Crippen LogP contribution in [0.15, 0.2) is 18.2 Å². The van der Waals surface area contributed by atoms with Crippen molar-refractivity contribution in [3.8, 4) is 0 Å². The number of nitrogens with zero attached hydrogens (tertiary/aromatic N) is 2. The van der Waals surface area contributed by atoms with E-state index in [-0.39, 0.29) is 11.9 Å². The summed E-state index contributed by atoms with van der Waals surface area (Å²) in [6.45, 7) is 6.79. The highest BCUT2D eigenvalue weighted by molar-refractivity contribution is 5.97. The lowest BCUT2D eigenvalue weighted by atomic mass is 10.1. The molecule has 4 heteroatoms. The van der Waals surface area contributed by atoms with E-state index >= 15 is 0 Å². The van der Waals surface area contributed by atoms with Crippen LogP contribution in [0.2, 0.25) is 0 Å². The number of likely N-dealkylation sites (N-methyl/N-ethyl adjacent to an activating group) is 2. The van der Waals surface area contributed by atoms with Crippen LogP contribution in [-0.2, 0) is 4.79 Å². The smallest absolute Gasteiger partial charge is 0.245 e. The first kappa shape index (κ1) is 14.0. The van der Waals surface area contributed by atoms with E-state index in [1.54, 1.807) is 4.90 Å². The van der Waals surface area contributed by atoms with Gasteiger partial charge in [-0.25, -0.2) is 0 Å². The molecule has 1 saturated heterocycles. The van der Waals surface area contributed by atoms with E-state index in [2.05, 4.69) is 43.2 Å². The lowest BCUT2D eigenvalue weighted by molar-refractivity contribution is -0.121. The number of piperazine rings is 1. The second-order valence-electron chi connectivity index (χ2n) is 5.43. The van der Waals surface area contributed by atoms with Gasteiger partial charge in [0.05, 0.1) is 0 Å². The summed E-state index contributed by atoms with van der Waals surface area (Å²) >= 11 is 0. The third-order valence-electron chi connectivity index (χ3n) is 3.88. The van der Waals surface area contributed by atoms with Crippen LogP contribution in [0.25, 0.3) is 0 Å². The van der Waals surface area contributed by atoms with Gasteiger partial charge in [-0.05, 0) is 44.2 Å². The third kappa shape index (κ3) is 3.14. The molecule has 0 aliphatic carbocycles. The van der Waals surface area contributed by atoms with Crippen molar-refractivity contribution in [1.29, 1.82) is 0 Å². The van der Waals surface area contributed by atoms with Crippen molar-refractivity contribution in [1.82, 2.24) is 10.2 Å². The van der Waals surface area contributed by atoms with Crippen molar-refractivity contribution < 1.29 is 4.79 Å². The molecule has 4 nitrogen and oxygen atoms in total. The molecule has 0 radical (unpaired) electrons. The highest BCUT2D eigenvalue weighted by Crippen LogP contribution is 2.18. The fourth-order valence-electron chi connectivity index (χ4n) is 2.36. The van der Waals surface area contributed by atoms with Gasteiger partial charge in [-0.2, -0.15) is 0 Å². The highest BCUT2D eigenvalue weighted by atomic mass is 16.2. The molecule has 19 heavy (non-hydrogen) atoms. The van der Waals surface area contributed by atoms with Crippen LogP contribution in [0.1, 0.15) is 11.1 Å². The molecule has 1 amide bonds. The second-order valence-corrected chi connectivity index (χ2v) is 5.43. The average molecular weight is 261 g/mol. The molecule has 1 aliphatic rings. The number of anilines is 1. The standard InChI is InChI=1S/C15H23N3O/c1-11-5-6-13(9-12(11)2)18(4)15(19)14-10-17(3)8-7-16-14/h5-6,9,14,16H,7-8,10H2,1-4H3. The van der Waals surface area contributed by atoms with E-state index in [9.17, 15) is 4.79 Å². The summed E-state index contributed by atoms with van der Waals surface area (Å²) in [6, 6.07) is 6.03. The Kier molecular flexibility index (Phi) is 4.22. The van der Waals surface area contributed by atoms with Crippen LogP contribution in [0.4, 0.5) is 5.69 Å². The van der Waals surface area contributed by atoms with E-state index in [1.165, 1.54) is 11.1 Å². The zero-order valence-electron chi connectivity index (χ0n) is 12.2. The van der Waals surface area contributed by atoms with Gasteiger partial charge in [0.15, 0.2) is 0 Å². The van der Waals surface area contributed by atoms with Gasteiger partial charge in [0.25, 0.3) is 0 Å². The Labute approximate surface area is 115 Å². The van der Waals surface area contributed by atoms with Gasteiger partial charge in [0.2, 0.25) is 5.91 Å². The van der Waals surface area contributed by atoms with Gasteiger partial charge >= 0.3 is 0 Å². The Morgan fingerprint density at radius 2 is 2.11 bits per heavy atom. The summed E-state index contributed by atoms with van der Waals surface area (Å²) in [7, 11) is 3.90. The van der Waals surface area contributed by atoms with E-state index in [0.29, 0.717) is 0 Å². The Balaban J connectivity index is 2.11. The zero-order chi connectivity index (χ0) is 14.0. The number of benzene rings is 1. The average Bonchev–Trinajstić information content (AvgIpc) is 2.40. The van der Waals surface area contributed by atoms with Crippen molar-refractivity contribution in [2.75, 3.05) is 38.6 Å². The number of carbonyl (C=O) groups excluding carboxylic acids is 1. The number of hydrogen-bond donors (Lipinski definition) is 1. The van der Waals surface area contributed by atoms with Crippen molar-refractivity contribution in [3.63, 3.8) is 0 Å². The van der Waals surface area contributed by atoms with E-state index in [4.69, 9.17) is 0 Å². The Morgan fingerprint density at radius 1 is 1.37 bits per heavy atom. The summed E-state index contributed by atoms with van der Waals surface area (Å²) in [5, 5.41) is 3.29. The maximum atomic E-state index is 12.5.